The lowest BCUT2D eigenvalue weighted by atomic mass is 9.93. The number of halogens is 5. The quantitative estimate of drug-likeness (QED) is 0.253. The molecule has 0 N–H and O–H groups in total. The van der Waals surface area contributed by atoms with Gasteiger partial charge in [0.2, 0.25) is 5.95 Å². The van der Waals surface area contributed by atoms with E-state index in [0.29, 0.717) is 41.3 Å². The zero-order chi connectivity index (χ0) is 22.5. The molecule has 11 heteroatoms. The van der Waals surface area contributed by atoms with Gasteiger partial charge in [-0.25, -0.2) is 13.8 Å². The Kier molecular flexibility index (Phi) is 5.33. The van der Waals surface area contributed by atoms with Gasteiger partial charge in [0.25, 0.3) is 5.92 Å². The van der Waals surface area contributed by atoms with Crippen molar-refractivity contribution < 1.29 is 17.6 Å². The average molecular weight is 558 g/mol. The van der Waals surface area contributed by atoms with E-state index in [2.05, 4.69) is 15.0 Å². The van der Waals surface area contributed by atoms with Crippen LogP contribution in [-0.2, 0) is 3.93 Å². The Hall–Kier alpha value is -2.31. The molecular formula is C21H19F4IN6. The molecule has 0 amide bonds. The summed E-state index contributed by atoms with van der Waals surface area (Å²) in [6.07, 6.45) is 3.12. The van der Waals surface area contributed by atoms with Crippen molar-refractivity contribution >= 4 is 45.4 Å². The lowest BCUT2D eigenvalue weighted by Gasteiger charge is -2.43. The van der Waals surface area contributed by atoms with Crippen molar-refractivity contribution in [2.75, 3.05) is 29.4 Å². The second-order valence-corrected chi connectivity index (χ2v) is 9.36. The predicted octanol–water partition coefficient (Wildman–Crippen LogP) is 5.09. The smallest absolute Gasteiger partial charge is 0.338 e. The van der Waals surface area contributed by atoms with E-state index < -0.39 is 9.85 Å². The molecule has 1 atom stereocenters. The number of anilines is 2. The Bertz CT molecular complexity index is 1140. The van der Waals surface area contributed by atoms with Crippen LogP contribution in [0.25, 0.3) is 11.0 Å². The fourth-order valence-electron chi connectivity index (χ4n) is 4.22. The normalized spacial score (nSPS) is 21.0. The molecule has 2 saturated heterocycles. The standard InChI is InChI=1S/C21H19F4IN6/c22-20(23)6-11-31(12-7-20)19-29-17-14(4-2-9-28-17)18(30-19)32-10-5-15(32)13-3-1-8-27-16(13)21(24,25)26/h1-4,8-9,15H,5-7,10-12H2. The molecule has 0 radical (unpaired) electrons. The number of hydrogen-bond donors (Lipinski definition) is 0. The number of aromatic nitrogens is 4. The van der Waals surface area contributed by atoms with E-state index in [0.717, 1.165) is 22.6 Å². The maximum absolute atomic E-state index is 14.2. The molecule has 3 aromatic heterocycles. The van der Waals surface area contributed by atoms with Crippen LogP contribution in [0.4, 0.5) is 29.3 Å². The van der Waals surface area contributed by atoms with E-state index in [9.17, 15) is 17.6 Å². The number of alkyl halides is 5. The van der Waals surface area contributed by atoms with Gasteiger partial charge in [-0.3, -0.25) is 4.98 Å². The largest absolute Gasteiger partial charge is 0.349 e. The minimum atomic E-state index is -3.10. The number of fused-ring (bicyclic) bond motifs is 1. The van der Waals surface area contributed by atoms with Gasteiger partial charge in [-0.2, -0.15) is 18.7 Å². The first-order valence-corrected chi connectivity index (χ1v) is 11.4. The molecule has 0 saturated carbocycles. The maximum atomic E-state index is 14.2. The van der Waals surface area contributed by atoms with Gasteiger partial charge >= 0.3 is 3.93 Å². The van der Waals surface area contributed by atoms with Gasteiger partial charge in [-0.15, -0.1) is 0 Å². The predicted molar refractivity (Wildman–Crippen MR) is 121 cm³/mol. The number of nitrogens with zero attached hydrogens (tertiary/aromatic N) is 6. The van der Waals surface area contributed by atoms with Crippen LogP contribution in [0.5, 0.6) is 0 Å². The zero-order valence-electron chi connectivity index (χ0n) is 16.9. The van der Waals surface area contributed by atoms with E-state index in [-0.39, 0.29) is 37.7 Å². The van der Waals surface area contributed by atoms with Gasteiger partial charge in [0.15, 0.2) is 5.65 Å². The van der Waals surface area contributed by atoms with Gasteiger partial charge in [-0.1, -0.05) is 6.07 Å². The summed E-state index contributed by atoms with van der Waals surface area (Å²) in [5, 5.41) is 0.690. The molecule has 0 spiro atoms. The van der Waals surface area contributed by atoms with Crippen LogP contribution in [-0.4, -0.2) is 45.5 Å². The molecule has 0 bridgehead atoms. The molecule has 0 aliphatic carbocycles. The second kappa shape index (κ2) is 7.92. The SMILES string of the molecule is FC1(F)CCN(c2nc(N3CCC3c3cccnc3C(F)(F)I)c3cccnc3n2)CC1. The summed E-state index contributed by atoms with van der Waals surface area (Å²) in [4.78, 5) is 21.2. The van der Waals surface area contributed by atoms with Crippen molar-refractivity contribution in [3.8, 4) is 0 Å². The van der Waals surface area contributed by atoms with E-state index in [1.54, 1.807) is 29.3 Å². The fraction of sp³-hybridized carbons (Fsp3) is 0.429. The third-order valence-electron chi connectivity index (χ3n) is 5.98. The Balaban J connectivity index is 1.55. The minimum absolute atomic E-state index is 0.141. The van der Waals surface area contributed by atoms with Gasteiger partial charge in [-0.05, 0) is 24.6 Å². The summed E-state index contributed by atoms with van der Waals surface area (Å²) >= 11 is 1.10. The first-order chi connectivity index (χ1) is 15.2. The van der Waals surface area contributed by atoms with E-state index >= 15 is 0 Å². The number of pyridine rings is 2. The summed E-state index contributed by atoms with van der Waals surface area (Å²) in [7, 11) is 0. The number of piperidine rings is 1. The molecule has 168 valence electrons. The molecular weight excluding hydrogens is 539 g/mol. The van der Waals surface area contributed by atoms with Crippen LogP contribution in [0.15, 0.2) is 36.7 Å². The summed E-state index contributed by atoms with van der Waals surface area (Å²) < 4.78 is 52.5. The van der Waals surface area contributed by atoms with Crippen molar-refractivity contribution in [2.45, 2.75) is 35.2 Å². The molecule has 6 nitrogen and oxygen atoms in total. The van der Waals surface area contributed by atoms with Crippen LogP contribution < -0.4 is 9.80 Å². The first kappa shape index (κ1) is 21.5. The third kappa shape index (κ3) is 3.95. The van der Waals surface area contributed by atoms with Gasteiger partial charge < -0.3 is 9.80 Å². The molecule has 3 aromatic rings. The highest BCUT2D eigenvalue weighted by molar-refractivity contribution is 14.1. The minimum Gasteiger partial charge on any atom is -0.349 e. The van der Waals surface area contributed by atoms with Crippen LogP contribution >= 0.6 is 22.6 Å². The van der Waals surface area contributed by atoms with Crippen molar-refractivity contribution in [3.63, 3.8) is 0 Å². The molecule has 0 aromatic carbocycles. The van der Waals surface area contributed by atoms with Crippen LogP contribution in [0.3, 0.4) is 0 Å². The Morgan fingerprint density at radius 1 is 1.00 bits per heavy atom. The summed E-state index contributed by atoms with van der Waals surface area (Å²) in [5.74, 6) is -1.78. The van der Waals surface area contributed by atoms with Crippen molar-refractivity contribution in [2.24, 2.45) is 0 Å². The Labute approximate surface area is 195 Å². The van der Waals surface area contributed by atoms with Crippen LogP contribution in [0, 0.1) is 0 Å². The molecule has 32 heavy (non-hydrogen) atoms. The summed E-state index contributed by atoms with van der Waals surface area (Å²) in [6, 6.07) is 6.59. The first-order valence-electron chi connectivity index (χ1n) is 10.3. The van der Waals surface area contributed by atoms with Gasteiger partial charge in [0.05, 0.1) is 11.4 Å². The fourth-order valence-corrected chi connectivity index (χ4v) is 4.67. The molecule has 5 rings (SSSR count). The van der Waals surface area contributed by atoms with E-state index in [1.807, 2.05) is 11.0 Å². The highest BCUT2D eigenvalue weighted by Crippen LogP contribution is 2.45. The van der Waals surface area contributed by atoms with Crippen molar-refractivity contribution in [3.05, 3.63) is 47.9 Å². The lowest BCUT2D eigenvalue weighted by Crippen LogP contribution is -2.43. The third-order valence-corrected chi connectivity index (χ3v) is 6.49. The Morgan fingerprint density at radius 2 is 1.72 bits per heavy atom. The molecule has 5 heterocycles. The van der Waals surface area contributed by atoms with Crippen LogP contribution in [0.2, 0.25) is 0 Å². The highest BCUT2D eigenvalue weighted by Gasteiger charge is 2.40. The molecule has 2 aliphatic heterocycles. The summed E-state index contributed by atoms with van der Waals surface area (Å²) in [5.41, 5.74) is 0.638. The molecule has 1 unspecified atom stereocenters. The monoisotopic (exact) mass is 558 g/mol. The topological polar surface area (TPSA) is 58.0 Å². The molecule has 2 fully saturated rings. The lowest BCUT2D eigenvalue weighted by molar-refractivity contribution is -0.0222. The van der Waals surface area contributed by atoms with Gasteiger partial charge in [0, 0.05) is 73.0 Å². The second-order valence-electron chi connectivity index (χ2n) is 8.00. The van der Waals surface area contributed by atoms with E-state index in [1.165, 1.54) is 6.20 Å². The van der Waals surface area contributed by atoms with E-state index in [4.69, 9.17) is 4.98 Å². The number of hydrogen-bond acceptors (Lipinski definition) is 6. The van der Waals surface area contributed by atoms with Crippen molar-refractivity contribution in [1.29, 1.82) is 0 Å². The molecule has 2 aliphatic rings. The highest BCUT2D eigenvalue weighted by atomic mass is 127. The van der Waals surface area contributed by atoms with Crippen molar-refractivity contribution in [1.82, 2.24) is 19.9 Å². The maximum Gasteiger partial charge on any atom is 0.338 e. The zero-order valence-corrected chi connectivity index (χ0v) is 19.0. The number of rotatable bonds is 4. The summed E-state index contributed by atoms with van der Waals surface area (Å²) in [6.45, 7) is 0.897. The van der Waals surface area contributed by atoms with Gasteiger partial charge in [0.1, 0.15) is 11.5 Å². The average Bonchev–Trinajstić information content (AvgIpc) is 2.72. The van der Waals surface area contributed by atoms with Crippen LogP contribution in [0.1, 0.15) is 36.6 Å². The Morgan fingerprint density at radius 3 is 2.41 bits per heavy atom.